The van der Waals surface area contributed by atoms with Crippen LogP contribution in [0, 0.1) is 20.8 Å². The van der Waals surface area contributed by atoms with Gasteiger partial charge in [0.25, 0.3) is 0 Å². The Bertz CT molecular complexity index is 309. The molecule has 0 aromatic heterocycles. The van der Waals surface area contributed by atoms with Crippen molar-refractivity contribution in [2.45, 2.75) is 20.8 Å². The molecule has 70 valence electrons. The van der Waals surface area contributed by atoms with Gasteiger partial charge in [-0.15, -0.1) is 0 Å². The molecule has 3 heteroatoms. The minimum Gasteiger partial charge on any atom is -0.290 e. The zero-order valence-corrected chi connectivity index (χ0v) is 8.13. The van der Waals surface area contributed by atoms with Crippen molar-refractivity contribution in [2.75, 3.05) is 0 Å². The van der Waals surface area contributed by atoms with Gasteiger partial charge in [0.05, 0.1) is 5.69 Å². The van der Waals surface area contributed by atoms with Gasteiger partial charge in [-0.25, -0.2) is 4.99 Å². The average Bonchev–Trinajstić information content (AvgIpc) is 2.02. The molecule has 3 nitrogen and oxygen atoms in total. The van der Waals surface area contributed by atoms with Crippen LogP contribution in [0.2, 0.25) is 0 Å². The van der Waals surface area contributed by atoms with Crippen LogP contribution in [0.4, 0.5) is 5.69 Å². The van der Waals surface area contributed by atoms with Crippen LogP contribution in [0.5, 0.6) is 0 Å². The molecule has 0 aliphatic rings. The lowest BCUT2D eigenvalue weighted by Crippen LogP contribution is -2.01. The van der Waals surface area contributed by atoms with Crippen molar-refractivity contribution >= 4 is 12.0 Å². The fraction of sp³-hybridized carbons (Fsp3) is 0.300. The fourth-order valence-electron chi connectivity index (χ4n) is 1.47. The van der Waals surface area contributed by atoms with Gasteiger partial charge in [0.15, 0.2) is 0 Å². The largest absolute Gasteiger partial charge is 0.290 e. The van der Waals surface area contributed by atoms with Crippen LogP contribution in [0.25, 0.3) is 0 Å². The summed E-state index contributed by atoms with van der Waals surface area (Å²) in [6, 6.07) is 4.13. The van der Waals surface area contributed by atoms with E-state index in [1.54, 1.807) is 0 Å². The number of nitrogens with zero attached hydrogens (tertiary/aromatic N) is 1. The summed E-state index contributed by atoms with van der Waals surface area (Å²) in [6.45, 7) is 6.06. The summed E-state index contributed by atoms with van der Waals surface area (Å²) in [6.07, 6.45) is 1.27. The maximum absolute atomic E-state index is 8.36. The molecule has 2 N–H and O–H groups in total. The van der Waals surface area contributed by atoms with Gasteiger partial charge >= 0.3 is 0 Å². The van der Waals surface area contributed by atoms with Crippen LogP contribution in [0.15, 0.2) is 17.1 Å². The molecule has 0 atom stereocenters. The Morgan fingerprint density at radius 3 is 2.23 bits per heavy atom. The normalized spacial score (nSPS) is 10.8. The van der Waals surface area contributed by atoms with E-state index in [2.05, 4.69) is 24.0 Å². The van der Waals surface area contributed by atoms with Crippen LogP contribution in [0.3, 0.4) is 0 Å². The third-order valence-corrected chi connectivity index (χ3v) is 1.89. The van der Waals surface area contributed by atoms with Crippen LogP contribution < -0.4 is 5.48 Å². The Kier molecular flexibility index (Phi) is 3.03. The van der Waals surface area contributed by atoms with Crippen LogP contribution in [-0.4, -0.2) is 11.5 Å². The minimum absolute atomic E-state index is 0.909. The first kappa shape index (κ1) is 9.74. The molecular weight excluding hydrogens is 164 g/mol. The molecule has 0 bridgehead atoms. The summed E-state index contributed by atoms with van der Waals surface area (Å²) in [5.74, 6) is 0. The van der Waals surface area contributed by atoms with Crippen LogP contribution in [0.1, 0.15) is 16.7 Å². The first-order valence-corrected chi connectivity index (χ1v) is 4.15. The standard InChI is InChI=1S/C10H14N2O/c1-7-4-8(2)10(9(3)5-7)11-6-12-13/h4-6,13H,1-3H3,(H,11,12). The van der Waals surface area contributed by atoms with Gasteiger partial charge in [0.2, 0.25) is 0 Å². The van der Waals surface area contributed by atoms with Gasteiger partial charge in [0, 0.05) is 0 Å². The molecule has 13 heavy (non-hydrogen) atoms. The third kappa shape index (κ3) is 2.29. The summed E-state index contributed by atoms with van der Waals surface area (Å²) < 4.78 is 0. The van der Waals surface area contributed by atoms with E-state index in [9.17, 15) is 0 Å². The van der Waals surface area contributed by atoms with Gasteiger partial charge in [-0.3, -0.25) is 10.7 Å². The Labute approximate surface area is 78.1 Å². The number of benzene rings is 1. The van der Waals surface area contributed by atoms with Gasteiger partial charge in [0.1, 0.15) is 6.34 Å². The summed E-state index contributed by atoms with van der Waals surface area (Å²) in [7, 11) is 0. The number of hydrogen-bond acceptors (Lipinski definition) is 2. The highest BCUT2D eigenvalue weighted by atomic mass is 16.5. The van der Waals surface area contributed by atoms with Crippen molar-refractivity contribution in [1.82, 2.24) is 5.48 Å². The topological polar surface area (TPSA) is 44.6 Å². The van der Waals surface area contributed by atoms with Crippen molar-refractivity contribution in [3.63, 3.8) is 0 Å². The Balaban J connectivity index is 3.13. The van der Waals surface area contributed by atoms with Crippen molar-refractivity contribution in [2.24, 2.45) is 4.99 Å². The molecule has 1 rings (SSSR count). The van der Waals surface area contributed by atoms with Crippen molar-refractivity contribution < 1.29 is 5.21 Å². The van der Waals surface area contributed by atoms with Crippen molar-refractivity contribution in [3.05, 3.63) is 28.8 Å². The molecule has 1 aromatic rings. The molecule has 1 aromatic carbocycles. The first-order chi connectivity index (χ1) is 6.15. The zero-order valence-electron chi connectivity index (χ0n) is 8.13. The molecule has 0 spiro atoms. The number of aryl methyl sites for hydroxylation is 3. The van der Waals surface area contributed by atoms with E-state index in [4.69, 9.17) is 5.21 Å². The number of nitrogens with one attached hydrogen (secondary N) is 1. The highest BCUT2D eigenvalue weighted by Gasteiger charge is 2.00. The quantitative estimate of drug-likeness (QED) is 0.414. The summed E-state index contributed by atoms with van der Waals surface area (Å²) in [4.78, 5) is 4.08. The van der Waals surface area contributed by atoms with Crippen LogP contribution in [-0.2, 0) is 0 Å². The van der Waals surface area contributed by atoms with Gasteiger partial charge in [-0.05, 0) is 31.9 Å². The van der Waals surface area contributed by atoms with Gasteiger partial charge in [-0.2, -0.15) is 0 Å². The lowest BCUT2D eigenvalue weighted by atomic mass is 10.1. The predicted molar refractivity (Wildman–Crippen MR) is 53.7 cm³/mol. The van der Waals surface area contributed by atoms with Gasteiger partial charge in [-0.1, -0.05) is 17.7 Å². The van der Waals surface area contributed by atoms with Gasteiger partial charge < -0.3 is 0 Å². The molecule has 0 heterocycles. The molecule has 0 unspecified atom stereocenters. The second-order valence-corrected chi connectivity index (χ2v) is 3.13. The smallest absolute Gasteiger partial charge is 0.113 e. The van der Waals surface area contributed by atoms with E-state index in [1.165, 1.54) is 11.9 Å². The molecule has 0 saturated heterocycles. The molecule has 0 aliphatic heterocycles. The average molecular weight is 178 g/mol. The molecule has 0 amide bonds. The maximum atomic E-state index is 8.36. The highest BCUT2D eigenvalue weighted by Crippen LogP contribution is 2.24. The van der Waals surface area contributed by atoms with E-state index in [0.717, 1.165) is 16.8 Å². The summed E-state index contributed by atoms with van der Waals surface area (Å²) in [5.41, 5.74) is 6.26. The van der Waals surface area contributed by atoms with E-state index >= 15 is 0 Å². The van der Waals surface area contributed by atoms with Crippen LogP contribution >= 0.6 is 0 Å². The lowest BCUT2D eigenvalue weighted by Gasteiger charge is -2.05. The third-order valence-electron chi connectivity index (χ3n) is 1.89. The Morgan fingerprint density at radius 2 is 1.77 bits per heavy atom. The fourth-order valence-corrected chi connectivity index (χ4v) is 1.47. The maximum Gasteiger partial charge on any atom is 0.113 e. The minimum atomic E-state index is 0.909. The van der Waals surface area contributed by atoms with E-state index in [0.29, 0.717) is 0 Å². The van der Waals surface area contributed by atoms with Crippen molar-refractivity contribution in [3.8, 4) is 0 Å². The highest BCUT2D eigenvalue weighted by molar-refractivity contribution is 5.64. The lowest BCUT2D eigenvalue weighted by molar-refractivity contribution is 0.240. The number of aliphatic imine (C=N–C) groups is 1. The predicted octanol–water partition coefficient (Wildman–Crippen LogP) is 2.25. The number of hydroxylamine groups is 1. The van der Waals surface area contributed by atoms with E-state index < -0.39 is 0 Å². The summed E-state index contributed by atoms with van der Waals surface area (Å²) >= 11 is 0. The molecular formula is C10H14N2O. The monoisotopic (exact) mass is 178 g/mol. The molecule has 0 aliphatic carbocycles. The number of hydrogen-bond donors (Lipinski definition) is 2. The van der Waals surface area contributed by atoms with E-state index in [-0.39, 0.29) is 0 Å². The van der Waals surface area contributed by atoms with E-state index in [1.807, 2.05) is 19.3 Å². The molecule has 0 radical (unpaired) electrons. The van der Waals surface area contributed by atoms with Crippen molar-refractivity contribution in [1.29, 1.82) is 0 Å². The summed E-state index contributed by atoms with van der Waals surface area (Å²) in [5, 5.41) is 8.36. The molecule has 0 fully saturated rings. The Hall–Kier alpha value is -1.35. The first-order valence-electron chi connectivity index (χ1n) is 4.15. The second kappa shape index (κ2) is 4.05. The second-order valence-electron chi connectivity index (χ2n) is 3.13. The number of rotatable bonds is 2. The Morgan fingerprint density at radius 1 is 1.23 bits per heavy atom. The zero-order chi connectivity index (χ0) is 9.84. The SMILES string of the molecule is Cc1cc(C)c(N=CNO)c(C)c1. The molecule has 0 saturated carbocycles.